The Morgan fingerprint density at radius 1 is 1.03 bits per heavy atom. The molecule has 0 saturated carbocycles. The highest BCUT2D eigenvalue weighted by molar-refractivity contribution is 7.98. The van der Waals surface area contributed by atoms with E-state index in [1.165, 1.54) is 23.9 Å². The minimum atomic E-state index is -0.302. The van der Waals surface area contributed by atoms with Crippen molar-refractivity contribution in [3.05, 3.63) is 90.0 Å². The van der Waals surface area contributed by atoms with E-state index in [1.54, 1.807) is 24.5 Å². The van der Waals surface area contributed by atoms with Crippen LogP contribution >= 0.6 is 11.8 Å². The molecule has 4 aromatic rings. The summed E-state index contributed by atoms with van der Waals surface area (Å²) in [6.45, 7) is 4.02. The Morgan fingerprint density at radius 3 is 2.39 bits per heavy atom. The lowest BCUT2D eigenvalue weighted by Gasteiger charge is -2.12. The fourth-order valence-electron chi connectivity index (χ4n) is 3.18. The van der Waals surface area contributed by atoms with Crippen molar-refractivity contribution in [1.29, 1.82) is 0 Å². The number of halogens is 1. The van der Waals surface area contributed by atoms with E-state index in [4.69, 9.17) is 0 Å². The van der Waals surface area contributed by atoms with Gasteiger partial charge in [0.05, 0.1) is 0 Å². The third kappa shape index (κ3) is 5.46. The lowest BCUT2D eigenvalue weighted by Crippen LogP contribution is -2.31. The van der Waals surface area contributed by atoms with Gasteiger partial charge in [0, 0.05) is 41.0 Å². The molecule has 1 amide bonds. The van der Waals surface area contributed by atoms with Crippen LogP contribution in [0.4, 0.5) is 4.39 Å². The van der Waals surface area contributed by atoms with Crippen LogP contribution < -0.4 is 5.32 Å². The zero-order valence-corrected chi connectivity index (χ0v) is 19.2. The minimum Gasteiger partial charge on any atom is -0.350 e. The number of carbonyl (C=O) groups is 1. The van der Waals surface area contributed by atoms with Crippen LogP contribution in [0.1, 0.15) is 36.2 Å². The Balaban J connectivity index is 1.55. The Hall–Kier alpha value is -3.52. The van der Waals surface area contributed by atoms with Gasteiger partial charge >= 0.3 is 0 Å². The first-order valence-corrected chi connectivity index (χ1v) is 11.7. The molecule has 0 unspecified atom stereocenters. The number of aromatic nitrogens is 4. The SMILES string of the molecule is CC[C@@H](C)NC(=O)c1ccc(CSc2nnc(-c3ccncc3)n2-c2ccc(F)cc2)cc1. The highest BCUT2D eigenvalue weighted by Gasteiger charge is 2.16. The van der Waals surface area contributed by atoms with Crippen LogP contribution in [0.3, 0.4) is 0 Å². The first-order chi connectivity index (χ1) is 16.0. The zero-order chi connectivity index (χ0) is 23.2. The van der Waals surface area contributed by atoms with Crippen molar-refractivity contribution in [2.45, 2.75) is 37.2 Å². The van der Waals surface area contributed by atoms with Crippen LogP contribution in [0.2, 0.25) is 0 Å². The molecule has 1 atom stereocenters. The van der Waals surface area contributed by atoms with Crippen LogP contribution in [-0.4, -0.2) is 31.7 Å². The van der Waals surface area contributed by atoms with Crippen molar-refractivity contribution in [3.8, 4) is 17.1 Å². The van der Waals surface area contributed by atoms with Gasteiger partial charge in [-0.15, -0.1) is 10.2 Å². The second-order valence-corrected chi connectivity index (χ2v) is 8.56. The standard InChI is InChI=1S/C25H24FN5OS/c1-3-17(2)28-24(32)20-6-4-18(5-7-20)16-33-25-30-29-23(19-12-14-27-15-13-19)31(25)22-10-8-21(26)9-11-22/h4-15,17H,3,16H2,1-2H3,(H,28,32)/t17-/m1/s1. The van der Waals surface area contributed by atoms with Gasteiger partial charge in [-0.2, -0.15) is 0 Å². The van der Waals surface area contributed by atoms with Gasteiger partial charge in [0.25, 0.3) is 5.91 Å². The Morgan fingerprint density at radius 2 is 1.73 bits per heavy atom. The van der Waals surface area contributed by atoms with Crippen molar-refractivity contribution in [1.82, 2.24) is 25.1 Å². The van der Waals surface area contributed by atoms with Gasteiger partial charge in [-0.1, -0.05) is 30.8 Å². The molecule has 0 spiro atoms. The fraction of sp³-hybridized carbons (Fsp3) is 0.200. The maximum absolute atomic E-state index is 13.5. The Labute approximate surface area is 196 Å². The molecule has 0 radical (unpaired) electrons. The molecule has 0 aliphatic carbocycles. The molecule has 0 aliphatic heterocycles. The van der Waals surface area contributed by atoms with Gasteiger partial charge in [-0.3, -0.25) is 14.3 Å². The summed E-state index contributed by atoms with van der Waals surface area (Å²) < 4.78 is 15.4. The third-order valence-corrected chi connectivity index (χ3v) is 6.23. The smallest absolute Gasteiger partial charge is 0.251 e. The highest BCUT2D eigenvalue weighted by Crippen LogP contribution is 2.29. The molecule has 1 N–H and O–H groups in total. The van der Waals surface area contributed by atoms with Crippen LogP contribution in [0.15, 0.2) is 78.2 Å². The van der Waals surface area contributed by atoms with Gasteiger partial charge < -0.3 is 5.32 Å². The first-order valence-electron chi connectivity index (χ1n) is 10.7. The molecule has 0 saturated heterocycles. The van der Waals surface area contributed by atoms with E-state index < -0.39 is 0 Å². The Kier molecular flexibility index (Phi) is 7.14. The largest absolute Gasteiger partial charge is 0.350 e. The summed E-state index contributed by atoms with van der Waals surface area (Å²) in [6, 6.07) is 17.7. The van der Waals surface area contributed by atoms with Gasteiger partial charge in [-0.05, 0) is 67.4 Å². The molecule has 0 fully saturated rings. The molecule has 0 bridgehead atoms. The molecule has 2 aromatic carbocycles. The van der Waals surface area contributed by atoms with Crippen LogP contribution in [0.25, 0.3) is 17.1 Å². The van der Waals surface area contributed by atoms with Crippen molar-refractivity contribution in [2.75, 3.05) is 0 Å². The number of thioether (sulfide) groups is 1. The minimum absolute atomic E-state index is 0.0680. The number of carbonyl (C=O) groups excluding carboxylic acids is 1. The fourth-order valence-corrected chi connectivity index (χ4v) is 4.09. The predicted octanol–water partition coefficient (Wildman–Crippen LogP) is 5.29. The summed E-state index contributed by atoms with van der Waals surface area (Å²) in [6.07, 6.45) is 4.28. The van der Waals surface area contributed by atoms with E-state index in [2.05, 4.69) is 20.5 Å². The summed E-state index contributed by atoms with van der Waals surface area (Å²) in [5.74, 6) is 0.928. The number of nitrogens with zero attached hydrogens (tertiary/aromatic N) is 4. The highest BCUT2D eigenvalue weighted by atomic mass is 32.2. The van der Waals surface area contributed by atoms with E-state index in [9.17, 15) is 9.18 Å². The van der Waals surface area contributed by atoms with Gasteiger partial charge in [0.1, 0.15) is 5.82 Å². The molecule has 0 aliphatic rings. The molecule has 6 nitrogen and oxygen atoms in total. The quantitative estimate of drug-likeness (QED) is 0.361. The third-order valence-electron chi connectivity index (χ3n) is 5.23. The number of hydrogen-bond donors (Lipinski definition) is 1. The average molecular weight is 462 g/mol. The lowest BCUT2D eigenvalue weighted by molar-refractivity contribution is 0.0939. The second kappa shape index (κ2) is 10.4. The molecule has 8 heteroatoms. The predicted molar refractivity (Wildman–Crippen MR) is 128 cm³/mol. The number of amides is 1. The molecule has 2 aromatic heterocycles. The summed E-state index contributed by atoms with van der Waals surface area (Å²) in [5, 5.41) is 12.4. The molecule has 168 valence electrons. The van der Waals surface area contributed by atoms with E-state index in [1.807, 2.05) is 54.8 Å². The molecular formula is C25H24FN5OS. The number of hydrogen-bond acceptors (Lipinski definition) is 5. The topological polar surface area (TPSA) is 72.7 Å². The van der Waals surface area contributed by atoms with Crippen molar-refractivity contribution < 1.29 is 9.18 Å². The van der Waals surface area contributed by atoms with Gasteiger partial charge in [0.15, 0.2) is 11.0 Å². The summed E-state index contributed by atoms with van der Waals surface area (Å²) in [5.41, 5.74) is 3.33. The number of nitrogens with one attached hydrogen (secondary N) is 1. The van der Waals surface area contributed by atoms with E-state index in [0.29, 0.717) is 22.3 Å². The van der Waals surface area contributed by atoms with Gasteiger partial charge in [0.2, 0.25) is 0 Å². The molecule has 4 rings (SSSR count). The summed E-state index contributed by atoms with van der Waals surface area (Å²) in [4.78, 5) is 16.4. The maximum Gasteiger partial charge on any atom is 0.251 e. The second-order valence-electron chi connectivity index (χ2n) is 7.62. The van der Waals surface area contributed by atoms with E-state index in [-0.39, 0.29) is 17.8 Å². The molecule has 33 heavy (non-hydrogen) atoms. The monoisotopic (exact) mass is 461 g/mol. The Bertz CT molecular complexity index is 1210. The van der Waals surface area contributed by atoms with Gasteiger partial charge in [-0.25, -0.2) is 4.39 Å². The summed E-state index contributed by atoms with van der Waals surface area (Å²) in [7, 11) is 0. The van der Waals surface area contributed by atoms with Crippen molar-refractivity contribution in [2.24, 2.45) is 0 Å². The first kappa shape index (κ1) is 22.7. The van der Waals surface area contributed by atoms with E-state index >= 15 is 0 Å². The normalized spacial score (nSPS) is 11.8. The number of benzene rings is 2. The van der Waals surface area contributed by atoms with Crippen molar-refractivity contribution in [3.63, 3.8) is 0 Å². The average Bonchev–Trinajstić information content (AvgIpc) is 3.28. The molecular weight excluding hydrogens is 437 g/mol. The van der Waals surface area contributed by atoms with E-state index in [0.717, 1.165) is 23.2 Å². The number of rotatable bonds is 8. The molecule has 2 heterocycles. The zero-order valence-electron chi connectivity index (χ0n) is 18.4. The van der Waals surface area contributed by atoms with Crippen LogP contribution in [0.5, 0.6) is 0 Å². The number of pyridine rings is 1. The maximum atomic E-state index is 13.5. The summed E-state index contributed by atoms with van der Waals surface area (Å²) >= 11 is 1.52. The van der Waals surface area contributed by atoms with Crippen LogP contribution in [-0.2, 0) is 5.75 Å². The van der Waals surface area contributed by atoms with Crippen LogP contribution in [0, 0.1) is 5.82 Å². The van der Waals surface area contributed by atoms with Crippen molar-refractivity contribution >= 4 is 17.7 Å². The lowest BCUT2D eigenvalue weighted by atomic mass is 10.1.